The maximum atomic E-state index is 12.0. The number of rotatable bonds is 4. The van der Waals surface area contributed by atoms with Crippen molar-refractivity contribution in [1.82, 2.24) is 19.9 Å². The van der Waals surface area contributed by atoms with E-state index in [1.165, 1.54) is 29.4 Å². The van der Waals surface area contributed by atoms with E-state index in [0.717, 1.165) is 22.2 Å². The molecule has 4 aromatic rings. The second-order valence-corrected chi connectivity index (χ2v) is 7.25. The zero-order valence-corrected chi connectivity index (χ0v) is 15.1. The quantitative estimate of drug-likeness (QED) is 0.433. The number of anilines is 1. The van der Waals surface area contributed by atoms with Crippen molar-refractivity contribution in [2.24, 2.45) is 0 Å². The Balaban J connectivity index is 1.64. The van der Waals surface area contributed by atoms with Crippen molar-refractivity contribution >= 4 is 56.3 Å². The minimum Gasteiger partial charge on any atom is -0.433 e. The van der Waals surface area contributed by atoms with Crippen molar-refractivity contribution in [3.8, 4) is 0 Å². The van der Waals surface area contributed by atoms with Gasteiger partial charge in [-0.15, -0.1) is 11.3 Å². The number of aryl methyl sites for hydroxylation is 2. The predicted molar refractivity (Wildman–Crippen MR) is 98.0 cm³/mol. The van der Waals surface area contributed by atoms with E-state index in [9.17, 15) is 4.79 Å². The number of carbonyl (C=O) groups is 1. The molecule has 0 spiro atoms. The topological polar surface area (TPSA) is 93.8 Å². The zero-order valence-electron chi connectivity index (χ0n) is 13.4. The number of nitrogens with zero attached hydrogens (tertiary/aromatic N) is 4. The highest BCUT2D eigenvalue weighted by Crippen LogP contribution is 2.33. The van der Waals surface area contributed by atoms with E-state index in [2.05, 4.69) is 25.3 Å². The highest BCUT2D eigenvalue weighted by molar-refractivity contribution is 8.00. The first-order valence-corrected chi connectivity index (χ1v) is 9.32. The van der Waals surface area contributed by atoms with Crippen molar-refractivity contribution in [3.05, 3.63) is 35.2 Å². The van der Waals surface area contributed by atoms with E-state index < -0.39 is 0 Å². The third-order valence-electron chi connectivity index (χ3n) is 3.54. The summed E-state index contributed by atoms with van der Waals surface area (Å²) in [6, 6.07) is 1.99. The molecule has 0 aliphatic rings. The number of hydrogen-bond acceptors (Lipinski definition) is 8. The summed E-state index contributed by atoms with van der Waals surface area (Å²) in [6.07, 6.45) is 3.13. The van der Waals surface area contributed by atoms with E-state index >= 15 is 0 Å². The van der Waals surface area contributed by atoms with E-state index in [-0.39, 0.29) is 11.7 Å². The van der Waals surface area contributed by atoms with E-state index in [1.807, 2.05) is 25.3 Å². The fraction of sp³-hybridized carbons (Fsp3) is 0.188. The van der Waals surface area contributed by atoms with Crippen molar-refractivity contribution in [1.29, 1.82) is 0 Å². The van der Waals surface area contributed by atoms with Gasteiger partial charge in [-0.3, -0.25) is 4.79 Å². The third-order valence-corrected chi connectivity index (χ3v) is 5.20. The lowest BCUT2D eigenvalue weighted by Crippen LogP contribution is -2.13. The molecule has 9 heteroatoms. The molecule has 25 heavy (non-hydrogen) atoms. The van der Waals surface area contributed by atoms with Crippen LogP contribution in [0.1, 0.15) is 11.3 Å². The van der Waals surface area contributed by atoms with Crippen LogP contribution in [0.4, 0.5) is 5.13 Å². The first-order chi connectivity index (χ1) is 12.1. The van der Waals surface area contributed by atoms with Crippen LogP contribution in [0, 0.1) is 13.8 Å². The second-order valence-electron chi connectivity index (χ2n) is 5.39. The molecule has 4 rings (SSSR count). The molecule has 126 valence electrons. The van der Waals surface area contributed by atoms with E-state index in [0.29, 0.717) is 21.5 Å². The van der Waals surface area contributed by atoms with Gasteiger partial charge in [0, 0.05) is 17.3 Å². The predicted octanol–water partition coefficient (Wildman–Crippen LogP) is 3.58. The van der Waals surface area contributed by atoms with Crippen LogP contribution in [0.2, 0.25) is 0 Å². The van der Waals surface area contributed by atoms with Gasteiger partial charge in [0.2, 0.25) is 11.6 Å². The summed E-state index contributed by atoms with van der Waals surface area (Å²) in [5, 5.41) is 6.64. The number of nitrogens with one attached hydrogen (secondary N) is 1. The summed E-state index contributed by atoms with van der Waals surface area (Å²) in [6.45, 7) is 3.92. The van der Waals surface area contributed by atoms with Crippen LogP contribution in [0.15, 0.2) is 33.4 Å². The molecule has 4 heterocycles. The van der Waals surface area contributed by atoms with Crippen LogP contribution < -0.4 is 5.32 Å². The van der Waals surface area contributed by atoms with Crippen LogP contribution in [0.25, 0.3) is 22.2 Å². The number of carbonyl (C=O) groups excluding carboxylic acids is 1. The van der Waals surface area contributed by atoms with E-state index in [4.69, 9.17) is 4.42 Å². The van der Waals surface area contributed by atoms with Crippen LogP contribution in [-0.2, 0) is 4.79 Å². The molecule has 0 aliphatic carbocycles. The fourth-order valence-corrected chi connectivity index (χ4v) is 3.84. The standard InChI is InChI=1S/C16H13N5O2S2/c1-8-5-9(2)20-14-11(8)12-13(23-14)15(19-7-18-12)25-6-10(22)21-16-17-3-4-24-16/h3-5,7H,6H2,1-2H3,(H,17,21,22). The van der Waals surface area contributed by atoms with Gasteiger partial charge in [-0.25, -0.2) is 19.9 Å². The molecule has 0 atom stereocenters. The highest BCUT2D eigenvalue weighted by atomic mass is 32.2. The Labute approximate surface area is 150 Å². The smallest absolute Gasteiger partial charge is 0.236 e. The molecular weight excluding hydrogens is 358 g/mol. The molecule has 7 nitrogen and oxygen atoms in total. The Morgan fingerprint density at radius 2 is 2.20 bits per heavy atom. The van der Waals surface area contributed by atoms with Crippen LogP contribution >= 0.6 is 23.1 Å². The average Bonchev–Trinajstić information content (AvgIpc) is 3.19. The van der Waals surface area contributed by atoms with Crippen LogP contribution in [-0.4, -0.2) is 31.6 Å². The first-order valence-electron chi connectivity index (χ1n) is 7.45. The lowest BCUT2D eigenvalue weighted by molar-refractivity contribution is -0.113. The number of fused-ring (bicyclic) bond motifs is 3. The Bertz CT molecular complexity index is 1080. The highest BCUT2D eigenvalue weighted by Gasteiger charge is 2.17. The summed E-state index contributed by atoms with van der Waals surface area (Å²) in [4.78, 5) is 29.1. The Hall–Kier alpha value is -2.52. The van der Waals surface area contributed by atoms with Crippen molar-refractivity contribution in [2.45, 2.75) is 18.9 Å². The maximum Gasteiger partial charge on any atom is 0.236 e. The van der Waals surface area contributed by atoms with Gasteiger partial charge in [-0.1, -0.05) is 11.8 Å². The van der Waals surface area contributed by atoms with Crippen molar-refractivity contribution in [3.63, 3.8) is 0 Å². The monoisotopic (exact) mass is 371 g/mol. The lowest BCUT2D eigenvalue weighted by Gasteiger charge is -2.01. The summed E-state index contributed by atoms with van der Waals surface area (Å²) < 4.78 is 5.88. The molecule has 0 aliphatic heterocycles. The average molecular weight is 371 g/mol. The molecule has 0 saturated heterocycles. The molecular formula is C16H13N5O2S2. The summed E-state index contributed by atoms with van der Waals surface area (Å²) in [5.74, 6) is 0.0572. The Kier molecular flexibility index (Phi) is 4.10. The minimum atomic E-state index is -0.145. The van der Waals surface area contributed by atoms with Gasteiger partial charge in [0.1, 0.15) is 16.9 Å². The number of aromatic nitrogens is 4. The summed E-state index contributed by atoms with van der Waals surface area (Å²) in [5.41, 5.74) is 3.76. The van der Waals surface area contributed by atoms with Gasteiger partial charge in [0.15, 0.2) is 10.7 Å². The number of thioether (sulfide) groups is 1. The van der Waals surface area contributed by atoms with Crippen LogP contribution in [0.5, 0.6) is 0 Å². The van der Waals surface area contributed by atoms with Gasteiger partial charge < -0.3 is 9.73 Å². The molecule has 0 aromatic carbocycles. The molecule has 0 saturated carbocycles. The Morgan fingerprint density at radius 3 is 3.00 bits per heavy atom. The first kappa shape index (κ1) is 16.0. The minimum absolute atomic E-state index is 0.145. The van der Waals surface area contributed by atoms with Crippen molar-refractivity contribution in [2.75, 3.05) is 11.1 Å². The fourth-order valence-electron chi connectivity index (χ4n) is 2.57. The molecule has 1 amide bonds. The van der Waals surface area contributed by atoms with E-state index in [1.54, 1.807) is 6.20 Å². The van der Waals surface area contributed by atoms with Gasteiger partial charge >= 0.3 is 0 Å². The summed E-state index contributed by atoms with van der Waals surface area (Å²) >= 11 is 2.67. The molecule has 0 unspecified atom stereocenters. The normalized spacial score (nSPS) is 11.3. The second kappa shape index (κ2) is 6.41. The largest absolute Gasteiger partial charge is 0.433 e. The van der Waals surface area contributed by atoms with Gasteiger partial charge in [0.05, 0.1) is 11.1 Å². The van der Waals surface area contributed by atoms with Gasteiger partial charge in [-0.2, -0.15) is 0 Å². The SMILES string of the molecule is Cc1cc(C)c2c(n1)oc1c(SCC(=O)Nc3nccs3)ncnc12. The van der Waals surface area contributed by atoms with Gasteiger partial charge in [-0.05, 0) is 25.5 Å². The maximum absolute atomic E-state index is 12.0. The molecule has 4 aromatic heterocycles. The number of thiazole rings is 1. The van der Waals surface area contributed by atoms with Crippen molar-refractivity contribution < 1.29 is 9.21 Å². The molecule has 0 bridgehead atoms. The number of pyridine rings is 1. The van der Waals surface area contributed by atoms with Crippen LogP contribution in [0.3, 0.4) is 0 Å². The number of amides is 1. The summed E-state index contributed by atoms with van der Waals surface area (Å²) in [7, 11) is 0. The third kappa shape index (κ3) is 3.08. The molecule has 0 radical (unpaired) electrons. The lowest BCUT2D eigenvalue weighted by atomic mass is 10.1. The number of furan rings is 1. The Morgan fingerprint density at radius 1 is 1.32 bits per heavy atom. The van der Waals surface area contributed by atoms with Gasteiger partial charge in [0.25, 0.3) is 0 Å². The number of hydrogen-bond donors (Lipinski definition) is 1. The zero-order chi connectivity index (χ0) is 17.4. The molecule has 0 fully saturated rings. The molecule has 1 N–H and O–H groups in total.